The molecule has 0 heterocycles. The van der Waals surface area contributed by atoms with Crippen molar-refractivity contribution in [2.75, 3.05) is 18.6 Å². The van der Waals surface area contributed by atoms with E-state index in [0.29, 0.717) is 6.54 Å². The number of hydrogen-bond acceptors (Lipinski definition) is 3. The summed E-state index contributed by atoms with van der Waals surface area (Å²) in [4.78, 5) is 24.1. The van der Waals surface area contributed by atoms with Gasteiger partial charge < -0.3 is 15.3 Å². The standard InChI is InChI=1S/C11H22N2O3S/c1-5-13(9(3)6-10(14)15)11(16)12-8(2)7-17-4/h8-9H,5-7H2,1-4H3,(H,12,16)(H,14,15). The van der Waals surface area contributed by atoms with E-state index in [1.165, 1.54) is 0 Å². The minimum atomic E-state index is -0.888. The van der Waals surface area contributed by atoms with E-state index in [1.54, 1.807) is 23.6 Å². The number of carbonyl (C=O) groups excluding carboxylic acids is 1. The summed E-state index contributed by atoms with van der Waals surface area (Å²) in [7, 11) is 0. The van der Waals surface area contributed by atoms with E-state index >= 15 is 0 Å². The molecule has 0 aliphatic heterocycles. The molecule has 6 heteroatoms. The highest BCUT2D eigenvalue weighted by atomic mass is 32.2. The molecule has 0 aromatic heterocycles. The van der Waals surface area contributed by atoms with Gasteiger partial charge in [-0.05, 0) is 27.0 Å². The molecule has 0 rings (SSSR count). The predicted octanol–water partition coefficient (Wildman–Crippen LogP) is 1.63. The van der Waals surface area contributed by atoms with E-state index in [-0.39, 0.29) is 24.5 Å². The molecule has 0 aliphatic rings. The van der Waals surface area contributed by atoms with Crippen LogP contribution in [0, 0.1) is 0 Å². The van der Waals surface area contributed by atoms with Gasteiger partial charge in [0.25, 0.3) is 0 Å². The first-order chi connectivity index (χ1) is 7.92. The van der Waals surface area contributed by atoms with Crippen LogP contribution in [-0.2, 0) is 4.79 Å². The molecule has 0 aromatic carbocycles. The lowest BCUT2D eigenvalue weighted by Gasteiger charge is -2.28. The van der Waals surface area contributed by atoms with E-state index in [9.17, 15) is 9.59 Å². The minimum Gasteiger partial charge on any atom is -0.481 e. The lowest BCUT2D eigenvalue weighted by molar-refractivity contribution is -0.138. The van der Waals surface area contributed by atoms with Crippen LogP contribution in [-0.4, -0.2) is 52.6 Å². The van der Waals surface area contributed by atoms with Crippen LogP contribution >= 0.6 is 11.8 Å². The normalized spacial score (nSPS) is 13.9. The number of nitrogens with zero attached hydrogens (tertiary/aromatic N) is 1. The Hall–Kier alpha value is -0.910. The first-order valence-corrected chi connectivity index (χ1v) is 7.09. The number of nitrogens with one attached hydrogen (secondary N) is 1. The van der Waals surface area contributed by atoms with Crippen molar-refractivity contribution in [3.05, 3.63) is 0 Å². The summed E-state index contributed by atoms with van der Waals surface area (Å²) in [5.74, 6) is -0.0442. The molecule has 0 saturated heterocycles. The zero-order valence-electron chi connectivity index (χ0n) is 10.9. The van der Waals surface area contributed by atoms with E-state index < -0.39 is 5.97 Å². The van der Waals surface area contributed by atoms with Gasteiger partial charge in [0.2, 0.25) is 0 Å². The molecule has 100 valence electrons. The first kappa shape index (κ1) is 16.1. The molecule has 0 fully saturated rings. The van der Waals surface area contributed by atoms with Gasteiger partial charge in [-0.25, -0.2) is 4.79 Å². The first-order valence-electron chi connectivity index (χ1n) is 5.70. The fourth-order valence-electron chi connectivity index (χ4n) is 1.60. The Morgan fingerprint density at radius 1 is 1.41 bits per heavy atom. The zero-order valence-corrected chi connectivity index (χ0v) is 11.7. The number of hydrogen-bond donors (Lipinski definition) is 2. The summed E-state index contributed by atoms with van der Waals surface area (Å²) in [5.41, 5.74) is 0. The highest BCUT2D eigenvalue weighted by Crippen LogP contribution is 2.05. The van der Waals surface area contributed by atoms with Crippen molar-refractivity contribution in [2.24, 2.45) is 0 Å². The Kier molecular flexibility index (Phi) is 7.78. The number of carbonyl (C=O) groups is 2. The smallest absolute Gasteiger partial charge is 0.317 e. The third-order valence-corrected chi connectivity index (χ3v) is 3.22. The number of carboxylic acids is 1. The van der Waals surface area contributed by atoms with Crippen molar-refractivity contribution in [1.82, 2.24) is 10.2 Å². The molecule has 2 unspecified atom stereocenters. The summed E-state index contributed by atoms with van der Waals surface area (Å²) in [5, 5.41) is 11.6. The van der Waals surface area contributed by atoms with Crippen LogP contribution in [0.25, 0.3) is 0 Å². The van der Waals surface area contributed by atoms with Crippen molar-refractivity contribution in [3.8, 4) is 0 Å². The summed E-state index contributed by atoms with van der Waals surface area (Å²) in [6.07, 6.45) is 1.95. The van der Waals surface area contributed by atoms with Gasteiger partial charge in [-0.3, -0.25) is 4.79 Å². The molecule has 0 aromatic rings. The number of carboxylic acid groups (broad SMARTS) is 1. The molecule has 2 N–H and O–H groups in total. The van der Waals surface area contributed by atoms with Crippen molar-refractivity contribution in [2.45, 2.75) is 39.3 Å². The van der Waals surface area contributed by atoms with E-state index in [4.69, 9.17) is 5.11 Å². The predicted molar refractivity (Wildman–Crippen MR) is 70.5 cm³/mol. The monoisotopic (exact) mass is 262 g/mol. The van der Waals surface area contributed by atoms with Crippen molar-refractivity contribution >= 4 is 23.8 Å². The summed E-state index contributed by atoms with van der Waals surface area (Å²) in [6.45, 7) is 6.03. The van der Waals surface area contributed by atoms with Gasteiger partial charge in [-0.15, -0.1) is 0 Å². The quantitative estimate of drug-likeness (QED) is 0.731. The number of amides is 2. The summed E-state index contributed by atoms with van der Waals surface area (Å²) in [6, 6.07) is -0.398. The number of urea groups is 1. The molecule has 0 saturated carbocycles. The van der Waals surface area contributed by atoms with Gasteiger partial charge in [-0.1, -0.05) is 0 Å². The zero-order chi connectivity index (χ0) is 13.4. The van der Waals surface area contributed by atoms with Gasteiger partial charge in [0, 0.05) is 24.4 Å². The molecular weight excluding hydrogens is 240 g/mol. The van der Waals surface area contributed by atoms with Crippen molar-refractivity contribution < 1.29 is 14.7 Å². The number of aliphatic carboxylic acids is 1. The second-order valence-corrected chi connectivity index (χ2v) is 4.95. The van der Waals surface area contributed by atoms with Crippen molar-refractivity contribution in [3.63, 3.8) is 0 Å². The average molecular weight is 262 g/mol. The molecule has 0 spiro atoms. The highest BCUT2D eigenvalue weighted by molar-refractivity contribution is 7.98. The molecule has 17 heavy (non-hydrogen) atoms. The van der Waals surface area contributed by atoms with Crippen LogP contribution in [0.5, 0.6) is 0 Å². The second-order valence-electron chi connectivity index (χ2n) is 4.04. The second kappa shape index (κ2) is 8.22. The third kappa shape index (κ3) is 6.41. The van der Waals surface area contributed by atoms with Gasteiger partial charge in [0.15, 0.2) is 0 Å². The topological polar surface area (TPSA) is 69.6 Å². The van der Waals surface area contributed by atoms with Crippen LogP contribution in [0.15, 0.2) is 0 Å². The summed E-state index contributed by atoms with van der Waals surface area (Å²) >= 11 is 1.66. The lowest BCUT2D eigenvalue weighted by Crippen LogP contribution is -2.48. The maximum Gasteiger partial charge on any atom is 0.317 e. The van der Waals surface area contributed by atoms with Crippen LogP contribution in [0.3, 0.4) is 0 Å². The van der Waals surface area contributed by atoms with E-state index in [0.717, 1.165) is 5.75 Å². The van der Waals surface area contributed by atoms with Crippen LogP contribution in [0.1, 0.15) is 27.2 Å². The van der Waals surface area contributed by atoms with Gasteiger partial charge in [-0.2, -0.15) is 11.8 Å². The molecule has 5 nitrogen and oxygen atoms in total. The van der Waals surface area contributed by atoms with Crippen LogP contribution in [0.4, 0.5) is 4.79 Å². The van der Waals surface area contributed by atoms with E-state index in [2.05, 4.69) is 5.32 Å². The Morgan fingerprint density at radius 3 is 2.41 bits per heavy atom. The Morgan fingerprint density at radius 2 is 2.00 bits per heavy atom. The molecule has 0 radical (unpaired) electrons. The maximum atomic E-state index is 11.9. The maximum absolute atomic E-state index is 11.9. The van der Waals surface area contributed by atoms with Crippen LogP contribution < -0.4 is 5.32 Å². The fraction of sp³-hybridized carbons (Fsp3) is 0.818. The molecule has 0 bridgehead atoms. The minimum absolute atomic E-state index is 0.0296. The fourth-order valence-corrected chi connectivity index (χ4v) is 2.19. The third-order valence-electron chi connectivity index (χ3n) is 2.39. The Bertz CT molecular complexity index is 261. The molecular formula is C11H22N2O3S. The Balaban J connectivity index is 4.33. The van der Waals surface area contributed by atoms with Gasteiger partial charge >= 0.3 is 12.0 Å². The summed E-state index contributed by atoms with van der Waals surface area (Å²) < 4.78 is 0. The Labute approximate surface area is 107 Å². The van der Waals surface area contributed by atoms with Gasteiger partial charge in [0.05, 0.1) is 6.42 Å². The SMILES string of the molecule is CCN(C(=O)NC(C)CSC)C(C)CC(=O)O. The number of thioether (sulfide) groups is 1. The number of rotatable bonds is 7. The largest absolute Gasteiger partial charge is 0.481 e. The van der Waals surface area contributed by atoms with E-state index in [1.807, 2.05) is 20.1 Å². The van der Waals surface area contributed by atoms with Crippen LogP contribution in [0.2, 0.25) is 0 Å². The highest BCUT2D eigenvalue weighted by Gasteiger charge is 2.21. The lowest BCUT2D eigenvalue weighted by atomic mass is 10.2. The molecule has 2 amide bonds. The van der Waals surface area contributed by atoms with Gasteiger partial charge in [0.1, 0.15) is 0 Å². The molecule has 2 atom stereocenters. The molecule has 0 aliphatic carbocycles. The van der Waals surface area contributed by atoms with Crippen molar-refractivity contribution in [1.29, 1.82) is 0 Å². The average Bonchev–Trinajstić information content (AvgIpc) is 2.17.